The van der Waals surface area contributed by atoms with E-state index in [0.29, 0.717) is 5.56 Å². The minimum absolute atomic E-state index is 0.0927. The lowest BCUT2D eigenvalue weighted by Gasteiger charge is -2.18. The van der Waals surface area contributed by atoms with Gasteiger partial charge in [0.15, 0.2) is 5.78 Å². The number of ketones is 3. The van der Waals surface area contributed by atoms with Crippen molar-refractivity contribution in [2.45, 2.75) is 27.2 Å². The van der Waals surface area contributed by atoms with Crippen LogP contribution in [0.15, 0.2) is 24.3 Å². The summed E-state index contributed by atoms with van der Waals surface area (Å²) in [5.41, 5.74) is 0.388. The van der Waals surface area contributed by atoms with Gasteiger partial charge in [0.25, 0.3) is 0 Å². The normalized spacial score (nSPS) is 12.3. The smallest absolute Gasteiger partial charge is 0.163 e. The Morgan fingerprint density at radius 2 is 1.53 bits per heavy atom. The van der Waals surface area contributed by atoms with Crippen LogP contribution in [0.4, 0.5) is 4.39 Å². The molecular formula is C15H17FO3. The summed E-state index contributed by atoms with van der Waals surface area (Å²) in [5, 5.41) is 0. The summed E-state index contributed by atoms with van der Waals surface area (Å²) in [4.78, 5) is 34.8. The van der Waals surface area contributed by atoms with Crippen molar-refractivity contribution in [1.29, 1.82) is 0 Å². The van der Waals surface area contributed by atoms with E-state index in [4.69, 9.17) is 0 Å². The van der Waals surface area contributed by atoms with Gasteiger partial charge in [-0.25, -0.2) is 4.39 Å². The molecule has 0 aromatic heterocycles. The van der Waals surface area contributed by atoms with Gasteiger partial charge in [-0.15, -0.1) is 0 Å². The third-order valence-corrected chi connectivity index (χ3v) is 3.12. The van der Waals surface area contributed by atoms with E-state index < -0.39 is 11.7 Å². The van der Waals surface area contributed by atoms with Crippen LogP contribution < -0.4 is 0 Å². The second-order valence-electron chi connectivity index (χ2n) is 4.81. The van der Waals surface area contributed by atoms with Gasteiger partial charge in [0.2, 0.25) is 0 Å². The zero-order valence-electron chi connectivity index (χ0n) is 11.3. The lowest BCUT2D eigenvalue weighted by atomic mass is 9.83. The van der Waals surface area contributed by atoms with Crippen LogP contribution in [0.5, 0.6) is 0 Å². The van der Waals surface area contributed by atoms with E-state index >= 15 is 0 Å². The minimum atomic E-state index is -0.746. The molecule has 0 aliphatic heterocycles. The summed E-state index contributed by atoms with van der Waals surface area (Å²) in [7, 11) is 0. The van der Waals surface area contributed by atoms with Gasteiger partial charge in [0.05, 0.1) is 5.92 Å². The highest BCUT2D eigenvalue weighted by molar-refractivity contribution is 6.02. The molecule has 1 atom stereocenters. The number of carbonyl (C=O) groups excluding carboxylic acids is 3. The average Bonchev–Trinajstić information content (AvgIpc) is 2.28. The van der Waals surface area contributed by atoms with Gasteiger partial charge in [-0.05, 0) is 44.0 Å². The summed E-state index contributed by atoms with van der Waals surface area (Å²) in [6, 6.07) is 5.23. The Labute approximate surface area is 111 Å². The van der Waals surface area contributed by atoms with Crippen molar-refractivity contribution in [1.82, 2.24) is 0 Å². The maximum atomic E-state index is 12.8. The van der Waals surface area contributed by atoms with Gasteiger partial charge >= 0.3 is 0 Å². The molecule has 0 aliphatic carbocycles. The minimum Gasteiger partial charge on any atom is -0.299 e. The van der Waals surface area contributed by atoms with Gasteiger partial charge < -0.3 is 0 Å². The highest BCUT2D eigenvalue weighted by Gasteiger charge is 2.28. The molecule has 0 N–H and O–H groups in total. The van der Waals surface area contributed by atoms with E-state index in [1.165, 1.54) is 38.1 Å². The topological polar surface area (TPSA) is 51.2 Å². The Morgan fingerprint density at radius 3 is 1.95 bits per heavy atom. The molecule has 0 aliphatic rings. The predicted octanol–water partition coefficient (Wildman–Crippen LogP) is 2.83. The van der Waals surface area contributed by atoms with Crippen LogP contribution in [-0.2, 0) is 9.59 Å². The Morgan fingerprint density at radius 1 is 1.05 bits per heavy atom. The molecule has 0 fully saturated rings. The number of halogens is 1. The lowest BCUT2D eigenvalue weighted by Crippen LogP contribution is -2.28. The summed E-state index contributed by atoms with van der Waals surface area (Å²) in [6.45, 7) is 4.41. The van der Waals surface area contributed by atoms with Crippen LogP contribution >= 0.6 is 0 Å². The molecule has 0 amide bonds. The Bertz CT molecular complexity index is 477. The first-order valence-corrected chi connectivity index (χ1v) is 6.12. The van der Waals surface area contributed by atoms with Crippen LogP contribution in [0.1, 0.15) is 37.6 Å². The third-order valence-electron chi connectivity index (χ3n) is 3.12. The molecule has 19 heavy (non-hydrogen) atoms. The Balaban J connectivity index is 2.78. The van der Waals surface area contributed by atoms with E-state index in [0.717, 1.165) is 0 Å². The molecule has 0 saturated heterocycles. The van der Waals surface area contributed by atoms with Crippen molar-refractivity contribution >= 4 is 17.3 Å². The summed E-state index contributed by atoms with van der Waals surface area (Å²) < 4.78 is 12.8. The van der Waals surface area contributed by atoms with Gasteiger partial charge in [-0.3, -0.25) is 14.4 Å². The SMILES string of the molecule is CC(=O)C(C(C)=O)C(C)CC(=O)c1ccc(F)cc1. The summed E-state index contributed by atoms with van der Waals surface area (Å²) in [5.74, 6) is -2.16. The monoisotopic (exact) mass is 264 g/mol. The zero-order valence-corrected chi connectivity index (χ0v) is 11.3. The Kier molecular flexibility index (Phi) is 5.10. The number of Topliss-reactive ketones (excluding diaryl/α,β-unsaturated/α-hetero) is 3. The van der Waals surface area contributed by atoms with Crippen LogP contribution in [0.2, 0.25) is 0 Å². The molecule has 0 bridgehead atoms. The molecule has 0 spiro atoms. The summed E-state index contributed by atoms with van der Waals surface area (Å²) in [6.07, 6.45) is 0.0927. The molecule has 1 unspecified atom stereocenters. The van der Waals surface area contributed by atoms with Crippen LogP contribution in [0.25, 0.3) is 0 Å². The number of rotatable bonds is 6. The molecule has 0 heterocycles. The summed E-state index contributed by atoms with van der Waals surface area (Å²) >= 11 is 0. The third kappa shape index (κ3) is 4.09. The largest absolute Gasteiger partial charge is 0.299 e. The molecular weight excluding hydrogens is 247 g/mol. The Hall–Kier alpha value is -1.84. The number of hydrogen-bond acceptors (Lipinski definition) is 3. The van der Waals surface area contributed by atoms with Gasteiger partial charge in [0, 0.05) is 12.0 Å². The molecule has 102 valence electrons. The first-order chi connectivity index (χ1) is 8.82. The van der Waals surface area contributed by atoms with Crippen molar-refractivity contribution in [3.8, 4) is 0 Å². The van der Waals surface area contributed by atoms with Crippen molar-refractivity contribution in [2.75, 3.05) is 0 Å². The van der Waals surface area contributed by atoms with E-state index in [2.05, 4.69) is 0 Å². The van der Waals surface area contributed by atoms with Crippen LogP contribution in [0.3, 0.4) is 0 Å². The van der Waals surface area contributed by atoms with E-state index in [-0.39, 0.29) is 29.7 Å². The van der Waals surface area contributed by atoms with Crippen molar-refractivity contribution < 1.29 is 18.8 Å². The highest BCUT2D eigenvalue weighted by atomic mass is 19.1. The fourth-order valence-electron chi connectivity index (χ4n) is 2.25. The average molecular weight is 264 g/mol. The number of benzene rings is 1. The predicted molar refractivity (Wildman–Crippen MR) is 69.4 cm³/mol. The first-order valence-electron chi connectivity index (χ1n) is 6.12. The molecule has 3 nitrogen and oxygen atoms in total. The second kappa shape index (κ2) is 6.36. The highest BCUT2D eigenvalue weighted by Crippen LogP contribution is 2.20. The zero-order chi connectivity index (χ0) is 14.6. The van der Waals surface area contributed by atoms with Crippen LogP contribution in [-0.4, -0.2) is 17.3 Å². The van der Waals surface area contributed by atoms with Gasteiger partial charge in [-0.2, -0.15) is 0 Å². The van der Waals surface area contributed by atoms with Crippen molar-refractivity contribution in [3.63, 3.8) is 0 Å². The molecule has 4 heteroatoms. The maximum Gasteiger partial charge on any atom is 0.163 e. The molecule has 1 rings (SSSR count). The quantitative estimate of drug-likeness (QED) is 0.586. The van der Waals surface area contributed by atoms with E-state index in [1.807, 2.05) is 0 Å². The maximum absolute atomic E-state index is 12.8. The standard InChI is InChI=1S/C15H17FO3/c1-9(15(10(2)17)11(3)18)8-14(19)12-4-6-13(16)7-5-12/h4-7,9,15H,8H2,1-3H3. The fraction of sp³-hybridized carbons (Fsp3) is 0.400. The van der Waals surface area contributed by atoms with E-state index in [1.54, 1.807) is 6.92 Å². The van der Waals surface area contributed by atoms with Crippen LogP contribution in [0, 0.1) is 17.7 Å². The lowest BCUT2D eigenvalue weighted by molar-refractivity contribution is -0.132. The first kappa shape index (κ1) is 15.2. The molecule has 0 saturated carbocycles. The number of hydrogen-bond donors (Lipinski definition) is 0. The van der Waals surface area contributed by atoms with Gasteiger partial charge in [-0.1, -0.05) is 6.92 Å². The second-order valence-corrected chi connectivity index (χ2v) is 4.81. The van der Waals surface area contributed by atoms with Crippen molar-refractivity contribution in [3.05, 3.63) is 35.6 Å². The van der Waals surface area contributed by atoms with E-state index in [9.17, 15) is 18.8 Å². The molecule has 1 aromatic rings. The number of carbonyl (C=O) groups is 3. The van der Waals surface area contributed by atoms with Crippen molar-refractivity contribution in [2.24, 2.45) is 11.8 Å². The molecule has 1 aromatic carbocycles. The molecule has 0 radical (unpaired) electrons. The fourth-order valence-corrected chi connectivity index (χ4v) is 2.25. The van der Waals surface area contributed by atoms with Gasteiger partial charge in [0.1, 0.15) is 17.4 Å².